The average Bonchev–Trinajstić information content (AvgIpc) is 2.79. The van der Waals surface area contributed by atoms with Crippen molar-refractivity contribution in [3.8, 4) is 0 Å². The summed E-state index contributed by atoms with van der Waals surface area (Å²) in [6.45, 7) is 6.05. The van der Waals surface area contributed by atoms with Gasteiger partial charge in [0.2, 0.25) is 5.91 Å². The first-order chi connectivity index (χ1) is 13.8. The van der Waals surface area contributed by atoms with Crippen LogP contribution in [0.15, 0.2) is 24.4 Å². The number of aromatic nitrogens is 1. The maximum absolute atomic E-state index is 13.4. The summed E-state index contributed by atoms with van der Waals surface area (Å²) in [5.41, 5.74) is -0.308. The lowest BCUT2D eigenvalue weighted by molar-refractivity contribution is -0.140. The number of amides is 1. The van der Waals surface area contributed by atoms with Crippen molar-refractivity contribution in [1.29, 1.82) is 0 Å². The lowest BCUT2D eigenvalue weighted by Crippen LogP contribution is -2.62. The van der Waals surface area contributed by atoms with E-state index in [0.29, 0.717) is 5.92 Å². The summed E-state index contributed by atoms with van der Waals surface area (Å²) in [6, 6.07) is 6.08. The molecule has 3 aliphatic rings. The highest BCUT2D eigenvalue weighted by atomic mass is 16.5. The van der Waals surface area contributed by atoms with Crippen molar-refractivity contribution in [2.45, 2.75) is 50.5 Å². The number of piperidine rings is 1. The Hall–Kier alpha value is -1.66. The molecule has 2 aliphatic heterocycles. The molecule has 1 aliphatic carbocycles. The number of rotatable bonds is 5. The Labute approximate surface area is 168 Å². The number of nitrogens with one attached hydrogen (secondary N) is 1. The second-order valence-electron chi connectivity index (χ2n) is 8.54. The van der Waals surface area contributed by atoms with Gasteiger partial charge in [-0.05, 0) is 43.7 Å². The van der Waals surface area contributed by atoms with Crippen LogP contribution in [0, 0.1) is 5.92 Å². The van der Waals surface area contributed by atoms with E-state index < -0.39 is 0 Å². The maximum Gasteiger partial charge on any atom is 0.240 e. The molecule has 0 unspecified atom stereocenters. The quantitative estimate of drug-likeness (QED) is 0.842. The first-order valence-electron chi connectivity index (χ1n) is 11.0. The normalized spacial score (nSPS) is 26.0. The first-order valence-corrected chi connectivity index (χ1v) is 11.0. The van der Waals surface area contributed by atoms with Crippen LogP contribution in [0.3, 0.4) is 0 Å². The van der Waals surface area contributed by atoms with Crippen LogP contribution in [-0.4, -0.2) is 67.3 Å². The zero-order chi connectivity index (χ0) is 19.2. The molecule has 154 valence electrons. The van der Waals surface area contributed by atoms with Crippen molar-refractivity contribution >= 4 is 11.7 Å². The van der Waals surface area contributed by atoms with Crippen molar-refractivity contribution in [2.75, 3.05) is 50.8 Å². The van der Waals surface area contributed by atoms with Gasteiger partial charge in [-0.3, -0.25) is 9.69 Å². The summed E-state index contributed by atoms with van der Waals surface area (Å²) < 4.78 is 5.54. The van der Waals surface area contributed by atoms with Gasteiger partial charge in [-0.15, -0.1) is 0 Å². The number of nitrogens with zero attached hydrogens (tertiary/aromatic N) is 3. The number of carbonyl (C=O) groups is 1. The molecule has 28 heavy (non-hydrogen) atoms. The molecule has 0 aromatic carbocycles. The van der Waals surface area contributed by atoms with E-state index in [4.69, 9.17) is 4.74 Å². The number of carbonyl (C=O) groups excluding carboxylic acids is 1. The fourth-order valence-corrected chi connectivity index (χ4v) is 5.20. The summed E-state index contributed by atoms with van der Waals surface area (Å²) in [4.78, 5) is 22.7. The van der Waals surface area contributed by atoms with Gasteiger partial charge in [-0.1, -0.05) is 25.3 Å². The van der Waals surface area contributed by atoms with Crippen LogP contribution in [0.4, 0.5) is 5.82 Å². The third kappa shape index (κ3) is 4.33. The van der Waals surface area contributed by atoms with Gasteiger partial charge < -0.3 is 15.0 Å². The van der Waals surface area contributed by atoms with E-state index in [9.17, 15) is 4.79 Å². The summed E-state index contributed by atoms with van der Waals surface area (Å²) in [6.07, 6.45) is 9.73. The first kappa shape index (κ1) is 19.6. The molecule has 1 saturated carbocycles. The van der Waals surface area contributed by atoms with Gasteiger partial charge >= 0.3 is 0 Å². The van der Waals surface area contributed by atoms with Crippen LogP contribution in [0.1, 0.15) is 44.9 Å². The molecule has 1 N–H and O–H groups in total. The molecule has 1 atom stereocenters. The number of hydrogen-bond donors (Lipinski definition) is 1. The number of morpholine rings is 1. The minimum atomic E-state index is -0.308. The molecule has 1 aromatic heterocycles. The molecule has 6 heteroatoms. The predicted molar refractivity (Wildman–Crippen MR) is 110 cm³/mol. The second-order valence-corrected chi connectivity index (χ2v) is 8.54. The molecule has 0 spiro atoms. The molecule has 1 amide bonds. The summed E-state index contributed by atoms with van der Waals surface area (Å²) in [5, 5.41) is 3.36. The van der Waals surface area contributed by atoms with E-state index in [0.717, 1.165) is 83.9 Å². The molecule has 1 aromatic rings. The van der Waals surface area contributed by atoms with Gasteiger partial charge in [0.05, 0.1) is 13.2 Å². The molecule has 2 saturated heterocycles. The summed E-state index contributed by atoms with van der Waals surface area (Å²) in [7, 11) is 0. The molecule has 0 bridgehead atoms. The standard InChI is InChI=1S/C22H34N4O2/c27-21(22(9-3-1-4-10-22)26-13-15-28-16-14-26)24-17-19-7-6-12-25(18-19)20-8-2-5-11-23-20/h2,5,8,11,19H,1,3-4,6-7,9-10,12-18H2,(H,24,27)/t19-/m0/s1. The van der Waals surface area contributed by atoms with E-state index in [1.54, 1.807) is 0 Å². The SMILES string of the molecule is O=C(NC[C@@H]1CCCN(c2ccccn2)C1)C1(N2CCOCC2)CCCCC1. The summed E-state index contributed by atoms with van der Waals surface area (Å²) >= 11 is 0. The number of anilines is 1. The van der Waals surface area contributed by atoms with Crippen LogP contribution >= 0.6 is 0 Å². The molecule has 4 rings (SSSR count). The van der Waals surface area contributed by atoms with Crippen molar-refractivity contribution < 1.29 is 9.53 Å². The smallest absolute Gasteiger partial charge is 0.240 e. The van der Waals surface area contributed by atoms with Crippen LogP contribution < -0.4 is 10.2 Å². The Morgan fingerprint density at radius 1 is 1.14 bits per heavy atom. The van der Waals surface area contributed by atoms with Crippen LogP contribution in [0.5, 0.6) is 0 Å². The highest BCUT2D eigenvalue weighted by Gasteiger charge is 2.45. The molecular formula is C22H34N4O2. The topological polar surface area (TPSA) is 57.7 Å². The minimum Gasteiger partial charge on any atom is -0.379 e. The molecule has 3 heterocycles. The Morgan fingerprint density at radius 2 is 1.96 bits per heavy atom. The fraction of sp³-hybridized carbons (Fsp3) is 0.727. The monoisotopic (exact) mass is 386 g/mol. The van der Waals surface area contributed by atoms with E-state index in [-0.39, 0.29) is 11.4 Å². The lowest BCUT2D eigenvalue weighted by atomic mass is 9.79. The Bertz CT molecular complexity index is 627. The third-order valence-electron chi connectivity index (χ3n) is 6.76. The minimum absolute atomic E-state index is 0.254. The Balaban J connectivity index is 1.36. The zero-order valence-electron chi connectivity index (χ0n) is 16.9. The Kier molecular flexibility index (Phi) is 6.47. The van der Waals surface area contributed by atoms with E-state index in [2.05, 4.69) is 26.2 Å². The Morgan fingerprint density at radius 3 is 2.71 bits per heavy atom. The second kappa shape index (κ2) is 9.23. The van der Waals surface area contributed by atoms with Gasteiger partial charge in [-0.25, -0.2) is 4.98 Å². The number of pyridine rings is 1. The van der Waals surface area contributed by atoms with E-state index >= 15 is 0 Å². The zero-order valence-corrected chi connectivity index (χ0v) is 16.9. The van der Waals surface area contributed by atoms with Gasteiger partial charge in [0.15, 0.2) is 0 Å². The maximum atomic E-state index is 13.4. The molecule has 6 nitrogen and oxygen atoms in total. The van der Waals surface area contributed by atoms with Crippen LogP contribution in [0.25, 0.3) is 0 Å². The van der Waals surface area contributed by atoms with E-state index in [1.807, 2.05) is 18.3 Å². The van der Waals surface area contributed by atoms with Gasteiger partial charge in [0, 0.05) is 38.9 Å². The van der Waals surface area contributed by atoms with Crippen molar-refractivity contribution in [3.05, 3.63) is 24.4 Å². The average molecular weight is 387 g/mol. The molecule has 0 radical (unpaired) electrons. The number of ether oxygens (including phenoxy) is 1. The summed E-state index contributed by atoms with van der Waals surface area (Å²) in [5.74, 6) is 1.80. The van der Waals surface area contributed by atoms with Crippen LogP contribution in [0.2, 0.25) is 0 Å². The number of hydrogen-bond acceptors (Lipinski definition) is 5. The lowest BCUT2D eigenvalue weighted by Gasteiger charge is -2.46. The molecular weight excluding hydrogens is 352 g/mol. The van der Waals surface area contributed by atoms with Crippen LogP contribution in [-0.2, 0) is 9.53 Å². The highest BCUT2D eigenvalue weighted by molar-refractivity contribution is 5.86. The van der Waals surface area contributed by atoms with Crippen molar-refractivity contribution in [3.63, 3.8) is 0 Å². The van der Waals surface area contributed by atoms with Gasteiger partial charge in [0.25, 0.3) is 0 Å². The fourth-order valence-electron chi connectivity index (χ4n) is 5.20. The largest absolute Gasteiger partial charge is 0.379 e. The highest BCUT2D eigenvalue weighted by Crippen LogP contribution is 2.34. The van der Waals surface area contributed by atoms with Crippen molar-refractivity contribution in [2.24, 2.45) is 5.92 Å². The predicted octanol–water partition coefficient (Wildman–Crippen LogP) is 2.45. The van der Waals surface area contributed by atoms with Gasteiger partial charge in [-0.2, -0.15) is 0 Å². The van der Waals surface area contributed by atoms with E-state index in [1.165, 1.54) is 12.8 Å². The van der Waals surface area contributed by atoms with Crippen molar-refractivity contribution in [1.82, 2.24) is 15.2 Å². The van der Waals surface area contributed by atoms with Gasteiger partial charge in [0.1, 0.15) is 11.4 Å². The third-order valence-corrected chi connectivity index (χ3v) is 6.76. The molecule has 3 fully saturated rings.